The molecule has 0 amide bonds. The van der Waals surface area contributed by atoms with Crippen molar-refractivity contribution in [1.29, 1.82) is 0 Å². The lowest BCUT2D eigenvalue weighted by atomic mass is 10.1. The predicted molar refractivity (Wildman–Crippen MR) is 46.6 cm³/mol. The first kappa shape index (κ1) is 10.1. The van der Waals surface area contributed by atoms with E-state index in [1.54, 1.807) is 0 Å². The number of esters is 1. The number of carbonyl (C=O) groups is 1. The minimum atomic E-state index is -2.90. The molecule has 1 atom stereocenters. The molecule has 0 aliphatic carbocycles. The summed E-state index contributed by atoms with van der Waals surface area (Å²) in [6.07, 6.45) is 0.520. The minimum absolute atomic E-state index is 0.0665. The molecule has 0 aromatic heterocycles. The molecule has 1 heterocycles. The van der Waals surface area contributed by atoms with Crippen LogP contribution in [0.4, 0.5) is 0 Å². The van der Waals surface area contributed by atoms with Crippen LogP contribution < -0.4 is 0 Å². The Morgan fingerprint density at radius 1 is 1.54 bits per heavy atom. The van der Waals surface area contributed by atoms with Crippen molar-refractivity contribution in [3.05, 3.63) is 0 Å². The van der Waals surface area contributed by atoms with Gasteiger partial charge in [-0.15, -0.1) is 0 Å². The Morgan fingerprint density at radius 3 is 2.69 bits per heavy atom. The maximum absolute atomic E-state index is 11.0. The van der Waals surface area contributed by atoms with E-state index in [0.29, 0.717) is 6.42 Å². The van der Waals surface area contributed by atoms with E-state index >= 15 is 0 Å². The lowest BCUT2D eigenvalue weighted by molar-refractivity contribution is -0.133. The molecule has 0 radical (unpaired) electrons. The average Bonchev–Trinajstić information content (AvgIpc) is 2.41. The number of sulfone groups is 1. The van der Waals surface area contributed by atoms with Gasteiger partial charge in [0.1, 0.15) is 0 Å². The van der Waals surface area contributed by atoms with E-state index < -0.39 is 15.8 Å². The smallest absolute Gasteiger partial charge is 0.384 e. The highest BCUT2D eigenvalue weighted by molar-refractivity contribution is 7.91. The summed E-state index contributed by atoms with van der Waals surface area (Å²) in [4.78, 5) is 10.6. The SMILES string of the molecule is COC(=O)C#CC1CCS(=O)(=O)C1. The number of rotatable bonds is 0. The van der Waals surface area contributed by atoms with Crippen molar-refractivity contribution in [2.24, 2.45) is 5.92 Å². The van der Waals surface area contributed by atoms with Crippen LogP contribution in [0.5, 0.6) is 0 Å². The van der Waals surface area contributed by atoms with Crippen LogP contribution in [-0.4, -0.2) is 33.0 Å². The first-order valence-corrected chi connectivity index (χ1v) is 5.65. The third kappa shape index (κ3) is 3.07. The molecule has 1 aliphatic rings. The zero-order valence-electron chi connectivity index (χ0n) is 7.24. The fourth-order valence-electron chi connectivity index (χ4n) is 1.12. The van der Waals surface area contributed by atoms with Gasteiger partial charge in [-0.3, -0.25) is 0 Å². The molecule has 1 fully saturated rings. The maximum Gasteiger partial charge on any atom is 0.384 e. The van der Waals surface area contributed by atoms with E-state index in [1.807, 2.05) is 0 Å². The van der Waals surface area contributed by atoms with Crippen LogP contribution in [0.15, 0.2) is 0 Å². The monoisotopic (exact) mass is 202 g/mol. The van der Waals surface area contributed by atoms with Gasteiger partial charge >= 0.3 is 5.97 Å². The third-order valence-corrected chi connectivity index (χ3v) is 3.56. The molecular formula is C8H10O4S. The van der Waals surface area contributed by atoms with Gasteiger partial charge in [-0.05, 0) is 6.42 Å². The number of ether oxygens (including phenoxy) is 1. The largest absolute Gasteiger partial charge is 0.459 e. The van der Waals surface area contributed by atoms with Gasteiger partial charge in [0.15, 0.2) is 9.84 Å². The summed E-state index contributed by atoms with van der Waals surface area (Å²) in [5, 5.41) is 0. The van der Waals surface area contributed by atoms with Crippen LogP contribution in [0.25, 0.3) is 0 Å². The Labute approximate surface area is 77.2 Å². The molecule has 1 aliphatic heterocycles. The summed E-state index contributed by atoms with van der Waals surface area (Å²) in [5.41, 5.74) is 0. The second kappa shape index (κ2) is 3.79. The second-order valence-electron chi connectivity index (χ2n) is 2.86. The summed E-state index contributed by atoms with van der Waals surface area (Å²) in [5.74, 6) is 4.24. The van der Waals surface area contributed by atoms with Gasteiger partial charge in [-0.2, -0.15) is 0 Å². The van der Waals surface area contributed by atoms with E-state index in [0.717, 1.165) is 0 Å². The molecular weight excluding hydrogens is 192 g/mol. The zero-order valence-corrected chi connectivity index (χ0v) is 8.06. The van der Waals surface area contributed by atoms with Crippen LogP contribution in [0.2, 0.25) is 0 Å². The van der Waals surface area contributed by atoms with Crippen molar-refractivity contribution in [1.82, 2.24) is 0 Å². The normalized spacial score (nSPS) is 24.5. The first-order chi connectivity index (χ1) is 6.03. The molecule has 13 heavy (non-hydrogen) atoms. The van der Waals surface area contributed by atoms with Crippen LogP contribution in [0.3, 0.4) is 0 Å². The third-order valence-electron chi connectivity index (χ3n) is 1.80. The quantitative estimate of drug-likeness (QED) is 0.304. The van der Waals surface area contributed by atoms with Crippen LogP contribution >= 0.6 is 0 Å². The predicted octanol–water partition coefficient (Wildman–Crippen LogP) is -0.402. The Kier molecular flexibility index (Phi) is 2.94. The van der Waals surface area contributed by atoms with Crippen LogP contribution in [0.1, 0.15) is 6.42 Å². The molecule has 1 unspecified atom stereocenters. The summed E-state index contributed by atoms with van der Waals surface area (Å²) < 4.78 is 26.2. The summed E-state index contributed by atoms with van der Waals surface area (Å²) in [6.45, 7) is 0. The topological polar surface area (TPSA) is 60.4 Å². The molecule has 0 aromatic carbocycles. The standard InChI is InChI=1S/C8H10O4S/c1-12-8(9)3-2-7-4-5-13(10,11)6-7/h7H,4-6H2,1H3. The van der Waals surface area contributed by atoms with Crippen molar-refractivity contribution in [3.63, 3.8) is 0 Å². The van der Waals surface area contributed by atoms with E-state index in [-0.39, 0.29) is 17.4 Å². The molecule has 5 heteroatoms. The van der Waals surface area contributed by atoms with Gasteiger partial charge in [0.2, 0.25) is 0 Å². The summed E-state index contributed by atoms with van der Waals surface area (Å²) in [7, 11) is -1.67. The van der Waals surface area contributed by atoms with Crippen LogP contribution in [0, 0.1) is 17.8 Å². The number of carbonyl (C=O) groups excluding carboxylic acids is 1. The first-order valence-electron chi connectivity index (χ1n) is 3.83. The molecule has 0 N–H and O–H groups in total. The van der Waals surface area contributed by atoms with Crippen molar-refractivity contribution < 1.29 is 17.9 Å². The Bertz CT molecular complexity index is 357. The van der Waals surface area contributed by atoms with E-state index in [1.165, 1.54) is 7.11 Å². The van der Waals surface area contributed by atoms with Crippen molar-refractivity contribution >= 4 is 15.8 Å². The summed E-state index contributed by atoms with van der Waals surface area (Å²) >= 11 is 0. The molecule has 0 aromatic rings. The molecule has 1 rings (SSSR count). The highest BCUT2D eigenvalue weighted by Crippen LogP contribution is 2.16. The summed E-state index contributed by atoms with van der Waals surface area (Å²) in [6, 6.07) is 0. The van der Waals surface area contributed by atoms with Crippen LogP contribution in [-0.2, 0) is 19.4 Å². The van der Waals surface area contributed by atoms with Crippen molar-refractivity contribution in [3.8, 4) is 11.8 Å². The lowest BCUT2D eigenvalue weighted by Crippen LogP contribution is -2.04. The fourth-order valence-corrected chi connectivity index (χ4v) is 2.79. The van der Waals surface area contributed by atoms with E-state index in [2.05, 4.69) is 16.6 Å². The van der Waals surface area contributed by atoms with E-state index in [9.17, 15) is 13.2 Å². The molecule has 0 spiro atoms. The van der Waals surface area contributed by atoms with Gasteiger partial charge < -0.3 is 4.74 Å². The van der Waals surface area contributed by atoms with Crippen molar-refractivity contribution in [2.75, 3.05) is 18.6 Å². The van der Waals surface area contributed by atoms with Gasteiger partial charge in [0, 0.05) is 11.8 Å². The number of hydrogen-bond acceptors (Lipinski definition) is 4. The van der Waals surface area contributed by atoms with Gasteiger partial charge in [-0.1, -0.05) is 5.92 Å². The van der Waals surface area contributed by atoms with Gasteiger partial charge in [0.25, 0.3) is 0 Å². The number of methoxy groups -OCH3 is 1. The molecule has 0 saturated carbocycles. The second-order valence-corrected chi connectivity index (χ2v) is 5.09. The highest BCUT2D eigenvalue weighted by atomic mass is 32.2. The number of hydrogen-bond donors (Lipinski definition) is 0. The fraction of sp³-hybridized carbons (Fsp3) is 0.625. The van der Waals surface area contributed by atoms with Crippen molar-refractivity contribution in [2.45, 2.75) is 6.42 Å². The Hall–Kier alpha value is -1.02. The zero-order chi connectivity index (χ0) is 9.90. The Balaban J connectivity index is 2.57. The highest BCUT2D eigenvalue weighted by Gasteiger charge is 2.26. The molecule has 1 saturated heterocycles. The average molecular weight is 202 g/mol. The molecule has 0 bridgehead atoms. The lowest BCUT2D eigenvalue weighted by Gasteiger charge is -1.92. The van der Waals surface area contributed by atoms with E-state index in [4.69, 9.17) is 0 Å². The van der Waals surface area contributed by atoms with Gasteiger partial charge in [-0.25, -0.2) is 13.2 Å². The van der Waals surface area contributed by atoms with Gasteiger partial charge in [0.05, 0.1) is 18.6 Å². The molecule has 4 nitrogen and oxygen atoms in total. The Morgan fingerprint density at radius 2 is 2.23 bits per heavy atom. The molecule has 72 valence electrons. The minimum Gasteiger partial charge on any atom is -0.459 e. The maximum atomic E-state index is 11.0.